The van der Waals surface area contributed by atoms with Crippen molar-refractivity contribution in [3.05, 3.63) is 0 Å². The summed E-state index contributed by atoms with van der Waals surface area (Å²) in [7, 11) is 0. The van der Waals surface area contributed by atoms with Gasteiger partial charge in [-0.15, -0.1) is 0 Å². The average molecular weight is 324 g/mol. The lowest BCUT2D eigenvalue weighted by Gasteiger charge is -2.34. The molecule has 1 aliphatic carbocycles. The zero-order valence-corrected chi connectivity index (χ0v) is 13.3. The van der Waals surface area contributed by atoms with Gasteiger partial charge in [0.25, 0.3) is 0 Å². The number of morpholine rings is 1. The first-order chi connectivity index (χ1) is 11.0. The molecule has 1 saturated carbocycles. The highest BCUT2D eigenvalue weighted by atomic mass is 16.5. The molecule has 1 N–H and O–H groups in total. The monoisotopic (exact) mass is 324 g/mol. The smallest absolute Gasteiger partial charge is 0.306 e. The molecular formula is C16H24N2O5. The Kier molecular flexibility index (Phi) is 4.84. The predicted molar refractivity (Wildman–Crippen MR) is 80.6 cm³/mol. The molecule has 0 aromatic rings. The number of ether oxygens (including phenoxy) is 1. The number of aliphatic carboxylic acids is 1. The van der Waals surface area contributed by atoms with E-state index in [9.17, 15) is 14.4 Å². The van der Waals surface area contributed by atoms with E-state index < -0.39 is 12.1 Å². The number of nitrogens with zero attached hydrogens (tertiary/aromatic N) is 2. The molecule has 3 rings (SSSR count). The van der Waals surface area contributed by atoms with Crippen LogP contribution in [0.25, 0.3) is 0 Å². The van der Waals surface area contributed by atoms with Crippen LogP contribution < -0.4 is 0 Å². The molecule has 2 unspecified atom stereocenters. The summed E-state index contributed by atoms with van der Waals surface area (Å²) in [6, 6.07) is 0.310. The Balaban J connectivity index is 1.57. The minimum absolute atomic E-state index is 0.0301. The van der Waals surface area contributed by atoms with Gasteiger partial charge in [-0.3, -0.25) is 14.4 Å². The fraction of sp³-hybridized carbons (Fsp3) is 0.812. The Hall–Kier alpha value is -1.63. The SMILES string of the molecule is O=C(O)CC1CN(C(=O)C2CC(=O)N(C3CCCC3)C2)CCO1. The Morgan fingerprint density at radius 2 is 1.96 bits per heavy atom. The third-order valence-corrected chi connectivity index (χ3v) is 5.13. The molecule has 2 heterocycles. The molecule has 0 bridgehead atoms. The average Bonchev–Trinajstić information content (AvgIpc) is 3.15. The van der Waals surface area contributed by atoms with E-state index in [2.05, 4.69) is 0 Å². The van der Waals surface area contributed by atoms with Crippen molar-refractivity contribution in [3.8, 4) is 0 Å². The van der Waals surface area contributed by atoms with E-state index in [0.29, 0.717) is 32.3 Å². The molecule has 2 saturated heterocycles. The highest BCUT2D eigenvalue weighted by Crippen LogP contribution is 2.30. The van der Waals surface area contributed by atoms with Gasteiger partial charge in [-0.05, 0) is 12.8 Å². The predicted octanol–water partition coefficient (Wildman–Crippen LogP) is 0.480. The molecule has 23 heavy (non-hydrogen) atoms. The topological polar surface area (TPSA) is 87.2 Å². The minimum Gasteiger partial charge on any atom is -0.481 e. The minimum atomic E-state index is -0.923. The first kappa shape index (κ1) is 16.2. The van der Waals surface area contributed by atoms with E-state index in [1.807, 2.05) is 4.90 Å². The maximum absolute atomic E-state index is 12.7. The number of carboxylic acid groups (broad SMARTS) is 1. The van der Waals surface area contributed by atoms with Gasteiger partial charge >= 0.3 is 5.97 Å². The van der Waals surface area contributed by atoms with Crippen LogP contribution in [0.1, 0.15) is 38.5 Å². The van der Waals surface area contributed by atoms with Crippen LogP contribution in [-0.2, 0) is 19.1 Å². The van der Waals surface area contributed by atoms with Crippen LogP contribution in [0.15, 0.2) is 0 Å². The van der Waals surface area contributed by atoms with Crippen LogP contribution in [0.2, 0.25) is 0 Å². The van der Waals surface area contributed by atoms with E-state index in [-0.39, 0.29) is 30.6 Å². The van der Waals surface area contributed by atoms with Crippen molar-refractivity contribution in [1.29, 1.82) is 0 Å². The molecular weight excluding hydrogens is 300 g/mol. The number of rotatable bonds is 4. The van der Waals surface area contributed by atoms with Gasteiger partial charge in [0.15, 0.2) is 0 Å². The van der Waals surface area contributed by atoms with Crippen LogP contribution in [0, 0.1) is 5.92 Å². The lowest BCUT2D eigenvalue weighted by atomic mass is 10.1. The molecule has 0 aromatic heterocycles. The molecule has 0 spiro atoms. The second kappa shape index (κ2) is 6.86. The Labute approximate surface area is 135 Å². The summed E-state index contributed by atoms with van der Waals surface area (Å²) in [6.07, 6.45) is 4.15. The van der Waals surface area contributed by atoms with E-state index in [4.69, 9.17) is 9.84 Å². The van der Waals surface area contributed by atoms with Gasteiger partial charge in [0.1, 0.15) is 0 Å². The summed E-state index contributed by atoms with van der Waals surface area (Å²) in [5, 5.41) is 8.86. The van der Waals surface area contributed by atoms with Gasteiger partial charge < -0.3 is 19.6 Å². The third-order valence-electron chi connectivity index (χ3n) is 5.13. The van der Waals surface area contributed by atoms with Gasteiger partial charge in [0, 0.05) is 32.1 Å². The molecule has 0 radical (unpaired) electrons. The van der Waals surface area contributed by atoms with Crippen molar-refractivity contribution in [3.63, 3.8) is 0 Å². The van der Waals surface area contributed by atoms with Gasteiger partial charge in [-0.1, -0.05) is 12.8 Å². The highest BCUT2D eigenvalue weighted by Gasteiger charge is 2.41. The molecule has 3 fully saturated rings. The zero-order chi connectivity index (χ0) is 16.4. The standard InChI is InChI=1S/C16H24N2O5/c19-14-7-11(9-18(14)12-3-1-2-4-12)16(22)17-5-6-23-13(10-17)8-15(20)21/h11-13H,1-10H2,(H,20,21). The Morgan fingerprint density at radius 1 is 1.22 bits per heavy atom. The normalized spacial score (nSPS) is 29.3. The van der Waals surface area contributed by atoms with Crippen molar-refractivity contribution < 1.29 is 24.2 Å². The highest BCUT2D eigenvalue weighted by molar-refractivity contribution is 5.89. The van der Waals surface area contributed by atoms with Crippen LogP contribution in [0.4, 0.5) is 0 Å². The van der Waals surface area contributed by atoms with Crippen molar-refractivity contribution in [2.24, 2.45) is 5.92 Å². The Bertz CT molecular complexity index is 489. The maximum atomic E-state index is 12.7. The second-order valence-corrected chi connectivity index (χ2v) is 6.76. The third kappa shape index (κ3) is 3.65. The second-order valence-electron chi connectivity index (χ2n) is 6.76. The number of likely N-dealkylation sites (tertiary alicyclic amines) is 1. The molecule has 2 amide bonds. The van der Waals surface area contributed by atoms with Crippen LogP contribution >= 0.6 is 0 Å². The van der Waals surface area contributed by atoms with E-state index in [1.165, 1.54) is 0 Å². The molecule has 2 atom stereocenters. The first-order valence-corrected chi connectivity index (χ1v) is 8.46. The molecule has 128 valence electrons. The molecule has 2 aliphatic heterocycles. The van der Waals surface area contributed by atoms with Crippen LogP contribution in [0.3, 0.4) is 0 Å². The number of carbonyl (C=O) groups is 3. The van der Waals surface area contributed by atoms with Gasteiger partial charge in [0.05, 0.1) is 25.0 Å². The number of carboxylic acids is 1. The van der Waals surface area contributed by atoms with Crippen LogP contribution in [-0.4, -0.2) is 71.1 Å². The van der Waals surface area contributed by atoms with Crippen molar-refractivity contribution >= 4 is 17.8 Å². The number of hydrogen-bond donors (Lipinski definition) is 1. The van der Waals surface area contributed by atoms with Gasteiger partial charge in [-0.25, -0.2) is 0 Å². The Morgan fingerprint density at radius 3 is 2.65 bits per heavy atom. The number of hydrogen-bond acceptors (Lipinski definition) is 4. The summed E-state index contributed by atoms with van der Waals surface area (Å²) >= 11 is 0. The van der Waals surface area contributed by atoms with Crippen LogP contribution in [0.5, 0.6) is 0 Å². The fourth-order valence-electron chi connectivity index (χ4n) is 3.96. The maximum Gasteiger partial charge on any atom is 0.306 e. The van der Waals surface area contributed by atoms with Crippen molar-refractivity contribution in [2.45, 2.75) is 50.7 Å². The summed E-state index contributed by atoms with van der Waals surface area (Å²) < 4.78 is 5.40. The number of carbonyl (C=O) groups excluding carboxylic acids is 2. The number of amides is 2. The van der Waals surface area contributed by atoms with E-state index >= 15 is 0 Å². The van der Waals surface area contributed by atoms with E-state index in [1.54, 1.807) is 4.90 Å². The molecule has 0 aromatic carbocycles. The zero-order valence-electron chi connectivity index (χ0n) is 13.3. The lowest BCUT2D eigenvalue weighted by Crippen LogP contribution is -2.48. The van der Waals surface area contributed by atoms with Gasteiger partial charge in [0.2, 0.25) is 11.8 Å². The summed E-state index contributed by atoms with van der Waals surface area (Å²) in [5.41, 5.74) is 0. The quantitative estimate of drug-likeness (QED) is 0.813. The molecule has 7 nitrogen and oxygen atoms in total. The molecule has 3 aliphatic rings. The largest absolute Gasteiger partial charge is 0.481 e. The first-order valence-electron chi connectivity index (χ1n) is 8.46. The molecule has 7 heteroatoms. The van der Waals surface area contributed by atoms with Crippen molar-refractivity contribution in [1.82, 2.24) is 9.80 Å². The lowest BCUT2D eigenvalue weighted by molar-refractivity contribution is -0.149. The summed E-state index contributed by atoms with van der Waals surface area (Å²) in [6.45, 7) is 1.66. The fourth-order valence-corrected chi connectivity index (χ4v) is 3.96. The van der Waals surface area contributed by atoms with E-state index in [0.717, 1.165) is 25.7 Å². The summed E-state index contributed by atoms with van der Waals surface area (Å²) in [4.78, 5) is 39.3. The summed E-state index contributed by atoms with van der Waals surface area (Å²) in [5.74, 6) is -1.15. The van der Waals surface area contributed by atoms with Gasteiger partial charge in [-0.2, -0.15) is 0 Å². The van der Waals surface area contributed by atoms with Crippen molar-refractivity contribution in [2.75, 3.05) is 26.2 Å².